The summed E-state index contributed by atoms with van der Waals surface area (Å²) in [5, 5.41) is 8.63. The molecule has 0 unspecified atom stereocenters. The van der Waals surface area contributed by atoms with Gasteiger partial charge in [0.15, 0.2) is 6.73 Å². The van der Waals surface area contributed by atoms with E-state index in [-0.39, 0.29) is 12.5 Å². The molecule has 1 aromatic heterocycles. The van der Waals surface area contributed by atoms with E-state index in [2.05, 4.69) is 0 Å². The Hall–Kier alpha value is -1.91. The van der Waals surface area contributed by atoms with Crippen molar-refractivity contribution in [3.8, 4) is 0 Å². The summed E-state index contributed by atoms with van der Waals surface area (Å²) in [4.78, 5) is 12.1. The van der Waals surface area contributed by atoms with Crippen LogP contribution in [0.5, 0.6) is 0 Å². The van der Waals surface area contributed by atoms with Gasteiger partial charge < -0.3 is 14.3 Å². The highest BCUT2D eigenvalue weighted by Gasteiger charge is 2.21. The van der Waals surface area contributed by atoms with E-state index >= 15 is 0 Å². The number of nitrogens with zero attached hydrogens (tertiary/aromatic N) is 1. The molecule has 1 aliphatic heterocycles. The highest BCUT2D eigenvalue weighted by atomic mass is 16.5. The Balaban J connectivity index is 2.19. The Bertz CT molecular complexity index is 393. The fraction of sp³-hybridized carbons (Fsp3) is 0.222. The quantitative estimate of drug-likeness (QED) is 0.770. The fourth-order valence-electron chi connectivity index (χ4n) is 1.18. The van der Waals surface area contributed by atoms with Crippen molar-refractivity contribution in [2.45, 2.75) is 6.92 Å². The van der Waals surface area contributed by atoms with Crippen molar-refractivity contribution in [3.63, 3.8) is 0 Å². The van der Waals surface area contributed by atoms with Gasteiger partial charge in [-0.1, -0.05) is 0 Å². The van der Waals surface area contributed by atoms with Gasteiger partial charge in [0.2, 0.25) is 11.6 Å². The fourth-order valence-corrected chi connectivity index (χ4v) is 1.18. The predicted octanol–water partition coefficient (Wildman–Crippen LogP) is 1.31. The normalized spacial score (nSPS) is 15.2. The number of ether oxygens (including phenoxy) is 1. The largest absolute Gasteiger partial charge is 0.475 e. The van der Waals surface area contributed by atoms with Gasteiger partial charge in [-0.15, -0.1) is 0 Å². The first kappa shape index (κ1) is 8.68. The first-order chi connectivity index (χ1) is 6.66. The van der Waals surface area contributed by atoms with Crippen LogP contribution in [0.2, 0.25) is 0 Å². The third-order valence-corrected chi connectivity index (χ3v) is 1.85. The van der Waals surface area contributed by atoms with Crippen molar-refractivity contribution < 1.29 is 19.1 Å². The van der Waals surface area contributed by atoms with Crippen LogP contribution in [0.25, 0.3) is 0 Å². The van der Waals surface area contributed by atoms with Crippen LogP contribution >= 0.6 is 0 Å². The van der Waals surface area contributed by atoms with Crippen LogP contribution in [-0.4, -0.2) is 17.8 Å². The number of hydrogen-bond acceptors (Lipinski definition) is 4. The molecule has 0 saturated heterocycles. The molecule has 2 rings (SSSR count). The maximum Gasteiger partial charge on any atom is 0.372 e. The molecule has 5 heteroatoms. The average molecular weight is 195 g/mol. The van der Waals surface area contributed by atoms with Gasteiger partial charge in [-0.2, -0.15) is 0 Å². The van der Waals surface area contributed by atoms with Crippen LogP contribution in [0, 0.1) is 6.92 Å². The maximum absolute atomic E-state index is 10.5. The lowest BCUT2D eigenvalue weighted by atomic mass is 10.5. The van der Waals surface area contributed by atoms with Crippen LogP contribution in [0.1, 0.15) is 5.76 Å². The Labute approximate surface area is 80.2 Å². The Morgan fingerprint density at radius 3 is 2.86 bits per heavy atom. The molecule has 0 radical (unpaired) electrons. The summed E-state index contributed by atoms with van der Waals surface area (Å²) in [5.41, 5.74) is 0. The summed E-state index contributed by atoms with van der Waals surface area (Å²) in [6.45, 7) is 2.00. The zero-order chi connectivity index (χ0) is 10.1. The summed E-state index contributed by atoms with van der Waals surface area (Å²) >= 11 is 0. The molecule has 1 N–H and O–H groups in total. The van der Waals surface area contributed by atoms with Gasteiger partial charge in [-0.05, 0) is 13.0 Å². The molecule has 0 aliphatic carbocycles. The molecule has 0 spiro atoms. The van der Waals surface area contributed by atoms with Crippen molar-refractivity contribution in [3.05, 3.63) is 29.9 Å². The lowest BCUT2D eigenvalue weighted by molar-refractivity contribution is -0.136. The minimum absolute atomic E-state index is 0.0703. The number of carbonyl (C=O) groups is 1. The van der Waals surface area contributed by atoms with Crippen LogP contribution in [-0.2, 0) is 9.53 Å². The van der Waals surface area contributed by atoms with Crippen molar-refractivity contribution in [1.82, 2.24) is 0 Å². The Morgan fingerprint density at radius 1 is 1.57 bits per heavy atom. The molecular weight excluding hydrogens is 186 g/mol. The highest BCUT2D eigenvalue weighted by molar-refractivity contribution is 5.85. The Morgan fingerprint density at radius 2 is 2.36 bits per heavy atom. The second kappa shape index (κ2) is 3.10. The number of carboxylic acid groups (broad SMARTS) is 1. The predicted molar refractivity (Wildman–Crippen MR) is 47.6 cm³/mol. The van der Waals surface area contributed by atoms with Crippen LogP contribution in [0.3, 0.4) is 0 Å². The molecule has 0 atom stereocenters. The number of hydrogen-bond donors (Lipinski definition) is 1. The molecule has 2 heterocycles. The van der Waals surface area contributed by atoms with E-state index < -0.39 is 5.97 Å². The molecule has 0 aromatic carbocycles. The molecule has 1 aromatic rings. The number of carboxylic acids is 1. The number of anilines is 1. The van der Waals surface area contributed by atoms with E-state index in [9.17, 15) is 4.79 Å². The molecule has 1 aliphatic rings. The Kier molecular flexibility index (Phi) is 1.92. The van der Waals surface area contributed by atoms with Crippen molar-refractivity contribution in [2.24, 2.45) is 0 Å². The summed E-state index contributed by atoms with van der Waals surface area (Å²) in [7, 11) is 0. The van der Waals surface area contributed by atoms with E-state index in [0.29, 0.717) is 5.88 Å². The molecule has 14 heavy (non-hydrogen) atoms. The summed E-state index contributed by atoms with van der Waals surface area (Å²) in [6, 6.07) is 3.57. The second-order valence-corrected chi connectivity index (χ2v) is 2.93. The molecule has 0 amide bonds. The standard InChI is InChI=1S/C9H9NO4/c1-6-2-3-8(14-6)10-4-7(9(11)12)13-5-10/h2-4H,5H2,1H3,(H,11,12). The summed E-state index contributed by atoms with van der Waals surface area (Å²) in [6.07, 6.45) is 1.40. The minimum atomic E-state index is -1.07. The zero-order valence-corrected chi connectivity index (χ0v) is 7.56. The van der Waals surface area contributed by atoms with E-state index in [1.165, 1.54) is 6.20 Å². The topological polar surface area (TPSA) is 62.9 Å². The van der Waals surface area contributed by atoms with Crippen molar-refractivity contribution in [2.75, 3.05) is 11.6 Å². The van der Waals surface area contributed by atoms with Crippen LogP contribution < -0.4 is 4.90 Å². The number of rotatable bonds is 2. The van der Waals surface area contributed by atoms with E-state index in [4.69, 9.17) is 14.3 Å². The number of aryl methyl sites for hydroxylation is 1. The molecule has 0 bridgehead atoms. The van der Waals surface area contributed by atoms with Gasteiger partial charge in [0, 0.05) is 6.07 Å². The SMILES string of the molecule is Cc1ccc(N2C=C(C(=O)O)OC2)o1. The lowest BCUT2D eigenvalue weighted by Crippen LogP contribution is -2.11. The highest BCUT2D eigenvalue weighted by Crippen LogP contribution is 2.23. The molecule has 5 nitrogen and oxygen atoms in total. The van der Waals surface area contributed by atoms with E-state index in [1.54, 1.807) is 11.0 Å². The van der Waals surface area contributed by atoms with Crippen molar-refractivity contribution in [1.29, 1.82) is 0 Å². The van der Waals surface area contributed by atoms with Gasteiger partial charge in [-0.25, -0.2) is 4.79 Å². The second-order valence-electron chi connectivity index (χ2n) is 2.93. The van der Waals surface area contributed by atoms with Gasteiger partial charge in [0.1, 0.15) is 5.76 Å². The molecular formula is C9H9NO4. The summed E-state index contributed by atoms with van der Waals surface area (Å²) in [5.74, 6) is 0.214. The monoisotopic (exact) mass is 195 g/mol. The number of aliphatic carboxylic acids is 1. The molecule has 74 valence electrons. The van der Waals surface area contributed by atoms with Gasteiger partial charge >= 0.3 is 5.97 Å². The number of furan rings is 1. The molecule has 0 fully saturated rings. The van der Waals surface area contributed by atoms with Crippen LogP contribution in [0.15, 0.2) is 28.5 Å². The summed E-state index contributed by atoms with van der Waals surface area (Å²) < 4.78 is 10.2. The smallest absolute Gasteiger partial charge is 0.372 e. The van der Waals surface area contributed by atoms with E-state index in [1.807, 2.05) is 13.0 Å². The minimum Gasteiger partial charge on any atom is -0.475 e. The van der Waals surface area contributed by atoms with E-state index in [0.717, 1.165) is 5.76 Å². The van der Waals surface area contributed by atoms with Gasteiger partial charge in [-0.3, -0.25) is 4.90 Å². The maximum atomic E-state index is 10.5. The lowest BCUT2D eigenvalue weighted by Gasteiger charge is -2.08. The van der Waals surface area contributed by atoms with Crippen LogP contribution in [0.4, 0.5) is 5.88 Å². The third kappa shape index (κ3) is 1.44. The first-order valence-corrected chi connectivity index (χ1v) is 4.08. The van der Waals surface area contributed by atoms with Gasteiger partial charge in [0.25, 0.3) is 0 Å². The van der Waals surface area contributed by atoms with Gasteiger partial charge in [0.05, 0.1) is 6.20 Å². The average Bonchev–Trinajstić information content (AvgIpc) is 2.70. The molecule has 0 saturated carbocycles. The third-order valence-electron chi connectivity index (χ3n) is 1.85. The van der Waals surface area contributed by atoms with Crippen molar-refractivity contribution >= 4 is 11.9 Å². The zero-order valence-electron chi connectivity index (χ0n) is 7.56. The first-order valence-electron chi connectivity index (χ1n) is 4.08.